The number of rotatable bonds is 3. The van der Waals surface area contributed by atoms with Crippen LogP contribution in [0.1, 0.15) is 15.9 Å². The van der Waals surface area contributed by atoms with E-state index in [9.17, 15) is 4.79 Å². The van der Waals surface area contributed by atoms with Gasteiger partial charge in [0.15, 0.2) is 0 Å². The molecule has 0 spiro atoms. The van der Waals surface area contributed by atoms with Crippen molar-refractivity contribution in [2.45, 2.75) is 6.54 Å². The molecule has 0 radical (unpaired) electrons. The second kappa shape index (κ2) is 8.15. The van der Waals surface area contributed by atoms with Gasteiger partial charge in [-0.05, 0) is 24.3 Å². The summed E-state index contributed by atoms with van der Waals surface area (Å²) in [5.41, 5.74) is 1.36. The molecule has 0 aliphatic carbocycles. The Labute approximate surface area is 167 Å². The van der Waals surface area contributed by atoms with E-state index in [1.165, 1.54) is 0 Å². The van der Waals surface area contributed by atoms with Crippen LogP contribution in [-0.4, -0.2) is 41.9 Å². The highest BCUT2D eigenvalue weighted by molar-refractivity contribution is 6.43. The summed E-state index contributed by atoms with van der Waals surface area (Å²) < 4.78 is 0. The van der Waals surface area contributed by atoms with E-state index in [-0.39, 0.29) is 5.91 Å². The summed E-state index contributed by atoms with van der Waals surface area (Å²) >= 11 is 24.6. The monoisotopic (exact) mass is 416 g/mol. The molecule has 0 atom stereocenters. The van der Waals surface area contributed by atoms with Gasteiger partial charge in [-0.1, -0.05) is 58.5 Å². The fourth-order valence-corrected chi connectivity index (χ4v) is 3.75. The van der Waals surface area contributed by atoms with Crippen LogP contribution < -0.4 is 0 Å². The molecule has 3 nitrogen and oxygen atoms in total. The third-order valence-electron chi connectivity index (χ3n) is 4.28. The van der Waals surface area contributed by atoms with Gasteiger partial charge in [-0.15, -0.1) is 0 Å². The Morgan fingerprint density at radius 3 is 2.04 bits per heavy atom. The first-order valence-corrected chi connectivity index (χ1v) is 9.37. The number of carbonyl (C=O) groups is 1. The van der Waals surface area contributed by atoms with Crippen molar-refractivity contribution in [2.75, 3.05) is 26.2 Å². The lowest BCUT2D eigenvalue weighted by atomic mass is 10.1. The highest BCUT2D eigenvalue weighted by Crippen LogP contribution is 2.28. The number of halogens is 4. The van der Waals surface area contributed by atoms with Crippen LogP contribution in [0, 0.1) is 0 Å². The van der Waals surface area contributed by atoms with Crippen LogP contribution >= 0.6 is 46.4 Å². The van der Waals surface area contributed by atoms with E-state index in [1.54, 1.807) is 23.1 Å². The normalized spacial score (nSPS) is 15.4. The Morgan fingerprint density at radius 2 is 1.40 bits per heavy atom. The van der Waals surface area contributed by atoms with Gasteiger partial charge in [-0.2, -0.15) is 0 Å². The van der Waals surface area contributed by atoms with Gasteiger partial charge in [-0.3, -0.25) is 9.69 Å². The van der Waals surface area contributed by atoms with Crippen LogP contribution in [-0.2, 0) is 6.54 Å². The van der Waals surface area contributed by atoms with E-state index in [0.29, 0.717) is 45.3 Å². The van der Waals surface area contributed by atoms with Gasteiger partial charge >= 0.3 is 0 Å². The van der Waals surface area contributed by atoms with E-state index in [0.717, 1.165) is 18.7 Å². The number of amides is 1. The number of piperazine rings is 1. The quantitative estimate of drug-likeness (QED) is 0.679. The second-order valence-electron chi connectivity index (χ2n) is 5.87. The molecule has 0 saturated carbocycles. The number of nitrogens with zero attached hydrogens (tertiary/aromatic N) is 2. The summed E-state index contributed by atoms with van der Waals surface area (Å²) in [6.07, 6.45) is 0. The number of carbonyl (C=O) groups excluding carboxylic acids is 1. The summed E-state index contributed by atoms with van der Waals surface area (Å²) in [6, 6.07) is 10.6. The molecule has 1 aliphatic rings. The molecular weight excluding hydrogens is 402 g/mol. The van der Waals surface area contributed by atoms with Crippen molar-refractivity contribution < 1.29 is 4.79 Å². The Morgan fingerprint density at radius 1 is 0.840 bits per heavy atom. The molecule has 2 aromatic carbocycles. The van der Waals surface area contributed by atoms with E-state index in [1.807, 2.05) is 18.2 Å². The minimum absolute atomic E-state index is 0.0945. The van der Waals surface area contributed by atoms with Crippen LogP contribution in [0.15, 0.2) is 36.4 Å². The second-order valence-corrected chi connectivity index (χ2v) is 7.47. The van der Waals surface area contributed by atoms with Gasteiger partial charge in [0, 0.05) is 48.3 Å². The standard InChI is InChI=1S/C18H16Cl4N2O/c19-14-4-2-5-15(20)13(14)11-23-7-9-24(10-8-23)18(25)12-3-1-6-16(21)17(12)22/h1-6H,7-11H2. The van der Waals surface area contributed by atoms with Gasteiger partial charge in [0.05, 0.1) is 15.6 Å². The van der Waals surface area contributed by atoms with Gasteiger partial charge in [0.2, 0.25) is 0 Å². The van der Waals surface area contributed by atoms with Crippen molar-refractivity contribution >= 4 is 52.3 Å². The van der Waals surface area contributed by atoms with Crippen LogP contribution in [0.5, 0.6) is 0 Å². The molecule has 0 aromatic heterocycles. The highest BCUT2D eigenvalue weighted by Gasteiger charge is 2.24. The number of hydrogen-bond acceptors (Lipinski definition) is 2. The first kappa shape index (κ1) is 18.8. The molecule has 1 fully saturated rings. The third kappa shape index (κ3) is 4.24. The molecule has 7 heteroatoms. The predicted molar refractivity (Wildman–Crippen MR) is 104 cm³/mol. The van der Waals surface area contributed by atoms with E-state index in [4.69, 9.17) is 46.4 Å². The van der Waals surface area contributed by atoms with Crippen LogP contribution in [0.2, 0.25) is 20.1 Å². The maximum absolute atomic E-state index is 12.7. The minimum Gasteiger partial charge on any atom is -0.336 e. The zero-order valence-electron chi connectivity index (χ0n) is 13.3. The molecule has 132 valence electrons. The topological polar surface area (TPSA) is 23.6 Å². The van der Waals surface area contributed by atoms with Crippen LogP contribution in [0.4, 0.5) is 0 Å². The molecule has 0 bridgehead atoms. The minimum atomic E-state index is -0.0945. The molecular formula is C18H16Cl4N2O. The summed E-state index contributed by atoms with van der Waals surface area (Å²) in [5, 5.41) is 2.02. The van der Waals surface area contributed by atoms with Gasteiger partial charge in [0.25, 0.3) is 5.91 Å². The van der Waals surface area contributed by atoms with Gasteiger partial charge < -0.3 is 4.90 Å². The van der Waals surface area contributed by atoms with Crippen molar-refractivity contribution in [3.8, 4) is 0 Å². The largest absolute Gasteiger partial charge is 0.336 e. The molecule has 2 aromatic rings. The SMILES string of the molecule is O=C(c1cccc(Cl)c1Cl)N1CCN(Cc2c(Cl)cccc2Cl)CC1. The zero-order chi connectivity index (χ0) is 18.0. The molecule has 1 aliphatic heterocycles. The molecule has 0 unspecified atom stereocenters. The van der Waals surface area contributed by atoms with Gasteiger partial charge in [-0.25, -0.2) is 0 Å². The first-order chi connectivity index (χ1) is 12.0. The van der Waals surface area contributed by atoms with Crippen molar-refractivity contribution in [2.24, 2.45) is 0 Å². The maximum atomic E-state index is 12.7. The summed E-state index contributed by atoms with van der Waals surface area (Å²) in [6.45, 7) is 3.38. The highest BCUT2D eigenvalue weighted by atomic mass is 35.5. The van der Waals surface area contributed by atoms with Crippen LogP contribution in [0.3, 0.4) is 0 Å². The van der Waals surface area contributed by atoms with Crippen molar-refractivity contribution in [3.05, 3.63) is 67.6 Å². The van der Waals surface area contributed by atoms with E-state index >= 15 is 0 Å². The van der Waals surface area contributed by atoms with Crippen molar-refractivity contribution in [1.29, 1.82) is 0 Å². The van der Waals surface area contributed by atoms with E-state index < -0.39 is 0 Å². The lowest BCUT2D eigenvalue weighted by molar-refractivity contribution is 0.0628. The molecule has 1 heterocycles. The van der Waals surface area contributed by atoms with Gasteiger partial charge in [0.1, 0.15) is 0 Å². The first-order valence-electron chi connectivity index (χ1n) is 7.86. The average Bonchev–Trinajstić information content (AvgIpc) is 2.61. The maximum Gasteiger partial charge on any atom is 0.255 e. The fraction of sp³-hybridized carbons (Fsp3) is 0.278. The predicted octanol–water partition coefficient (Wildman–Crippen LogP) is 5.26. The van der Waals surface area contributed by atoms with E-state index in [2.05, 4.69) is 4.90 Å². The zero-order valence-corrected chi connectivity index (χ0v) is 16.3. The van der Waals surface area contributed by atoms with Crippen molar-refractivity contribution in [1.82, 2.24) is 9.80 Å². The summed E-state index contributed by atoms with van der Waals surface area (Å²) in [5.74, 6) is -0.0945. The van der Waals surface area contributed by atoms with Crippen LogP contribution in [0.25, 0.3) is 0 Å². The van der Waals surface area contributed by atoms with Crippen molar-refractivity contribution in [3.63, 3.8) is 0 Å². The molecule has 1 saturated heterocycles. The lowest BCUT2D eigenvalue weighted by Crippen LogP contribution is -2.48. The molecule has 3 rings (SSSR count). The Hall–Kier alpha value is -0.970. The number of benzene rings is 2. The smallest absolute Gasteiger partial charge is 0.255 e. The average molecular weight is 418 g/mol. The Kier molecular flexibility index (Phi) is 6.13. The molecule has 0 N–H and O–H groups in total. The number of hydrogen-bond donors (Lipinski definition) is 0. The molecule has 1 amide bonds. The third-order valence-corrected chi connectivity index (χ3v) is 5.81. The Bertz CT molecular complexity index is 768. The lowest BCUT2D eigenvalue weighted by Gasteiger charge is -2.35. The molecule has 25 heavy (non-hydrogen) atoms. The summed E-state index contributed by atoms with van der Waals surface area (Å²) in [4.78, 5) is 16.7. The fourth-order valence-electron chi connectivity index (χ4n) is 2.86. The Balaban J connectivity index is 1.64. The summed E-state index contributed by atoms with van der Waals surface area (Å²) in [7, 11) is 0.